The fourth-order valence-electron chi connectivity index (χ4n) is 1.78. The Morgan fingerprint density at radius 3 is 2.57 bits per heavy atom. The van der Waals surface area contributed by atoms with Crippen molar-refractivity contribution in [3.63, 3.8) is 0 Å². The number of hydrogen-bond donors (Lipinski definition) is 1. The van der Waals surface area contributed by atoms with E-state index in [1.807, 2.05) is 20.8 Å². The molecule has 1 aromatic carbocycles. The van der Waals surface area contributed by atoms with Crippen molar-refractivity contribution < 1.29 is 23.8 Å². The third kappa shape index (κ3) is 5.74. The summed E-state index contributed by atoms with van der Waals surface area (Å²) < 4.78 is 16.3. The summed E-state index contributed by atoms with van der Waals surface area (Å²) in [5.41, 5.74) is 0.275. The Hall–Kier alpha value is -1.76. The third-order valence-corrected chi connectivity index (χ3v) is 3.69. The average Bonchev–Trinajstić information content (AvgIpc) is 2.52. The Bertz CT molecular complexity index is 562. The third-order valence-electron chi connectivity index (χ3n) is 3.10. The van der Waals surface area contributed by atoms with E-state index in [1.54, 1.807) is 6.07 Å². The van der Waals surface area contributed by atoms with Crippen LogP contribution in [0.3, 0.4) is 0 Å². The minimum atomic E-state index is -0.603. The molecule has 0 heterocycles. The van der Waals surface area contributed by atoms with E-state index in [9.17, 15) is 9.59 Å². The van der Waals surface area contributed by atoms with E-state index in [1.165, 1.54) is 13.2 Å². The van der Waals surface area contributed by atoms with Crippen LogP contribution in [0.15, 0.2) is 16.6 Å². The molecule has 1 atom stereocenters. The number of methoxy groups -OCH3 is 1. The zero-order chi connectivity index (χ0) is 17.4. The number of carbonyl (C=O) groups excluding carboxylic acids is 2. The van der Waals surface area contributed by atoms with Crippen LogP contribution < -0.4 is 14.8 Å². The van der Waals surface area contributed by atoms with Gasteiger partial charge in [-0.1, -0.05) is 6.92 Å². The first-order chi connectivity index (χ1) is 10.9. The van der Waals surface area contributed by atoms with Crippen LogP contribution in [-0.2, 0) is 9.53 Å². The van der Waals surface area contributed by atoms with Gasteiger partial charge in [0.15, 0.2) is 18.1 Å². The second kappa shape index (κ2) is 9.39. The van der Waals surface area contributed by atoms with Crippen LogP contribution in [0.4, 0.5) is 0 Å². The number of benzene rings is 1. The van der Waals surface area contributed by atoms with Gasteiger partial charge in [-0.15, -0.1) is 0 Å². The van der Waals surface area contributed by atoms with Crippen LogP contribution >= 0.6 is 15.9 Å². The van der Waals surface area contributed by atoms with E-state index >= 15 is 0 Å². The fraction of sp³-hybridized carbons (Fsp3) is 0.500. The van der Waals surface area contributed by atoms with E-state index in [2.05, 4.69) is 21.2 Å². The van der Waals surface area contributed by atoms with Gasteiger partial charge in [0.2, 0.25) is 0 Å². The fourth-order valence-corrected chi connectivity index (χ4v) is 2.38. The summed E-state index contributed by atoms with van der Waals surface area (Å²) in [5, 5.41) is 2.73. The molecule has 0 bridgehead atoms. The molecule has 0 saturated heterocycles. The molecule has 0 aliphatic rings. The molecule has 0 unspecified atom stereocenters. The molecule has 1 aromatic rings. The van der Waals surface area contributed by atoms with Gasteiger partial charge < -0.3 is 19.5 Å². The Balaban J connectivity index is 2.78. The van der Waals surface area contributed by atoms with Gasteiger partial charge in [0.25, 0.3) is 5.91 Å². The first-order valence-electron chi connectivity index (χ1n) is 7.39. The van der Waals surface area contributed by atoms with E-state index in [0.717, 1.165) is 6.42 Å². The predicted octanol–water partition coefficient (Wildman–Crippen LogP) is 2.93. The van der Waals surface area contributed by atoms with Gasteiger partial charge in [0.1, 0.15) is 0 Å². The zero-order valence-electron chi connectivity index (χ0n) is 13.8. The van der Waals surface area contributed by atoms with Gasteiger partial charge >= 0.3 is 5.97 Å². The highest BCUT2D eigenvalue weighted by Crippen LogP contribution is 2.36. The SMILES string of the molecule is CCOc1cc(C(=O)OCC(=O)N[C@H](C)CC)cc(Br)c1OC. The highest BCUT2D eigenvalue weighted by Gasteiger charge is 2.17. The molecule has 0 aliphatic heterocycles. The number of esters is 1. The molecule has 0 radical (unpaired) electrons. The van der Waals surface area contributed by atoms with Crippen molar-refractivity contribution in [3.8, 4) is 11.5 Å². The van der Waals surface area contributed by atoms with Crippen molar-refractivity contribution in [2.75, 3.05) is 20.3 Å². The average molecular weight is 388 g/mol. The van der Waals surface area contributed by atoms with Gasteiger partial charge in [-0.05, 0) is 48.3 Å². The molecule has 1 rings (SSSR count). The normalized spacial score (nSPS) is 11.5. The van der Waals surface area contributed by atoms with Crippen molar-refractivity contribution in [1.82, 2.24) is 5.32 Å². The molecular weight excluding hydrogens is 366 g/mol. The van der Waals surface area contributed by atoms with E-state index in [4.69, 9.17) is 14.2 Å². The lowest BCUT2D eigenvalue weighted by Gasteiger charge is -2.14. The Labute approximate surface area is 144 Å². The van der Waals surface area contributed by atoms with Gasteiger partial charge in [-0.3, -0.25) is 4.79 Å². The van der Waals surface area contributed by atoms with Crippen molar-refractivity contribution in [3.05, 3.63) is 22.2 Å². The number of ether oxygens (including phenoxy) is 3. The molecule has 0 saturated carbocycles. The Morgan fingerprint density at radius 2 is 2.00 bits per heavy atom. The number of halogens is 1. The summed E-state index contributed by atoms with van der Waals surface area (Å²) >= 11 is 3.33. The lowest BCUT2D eigenvalue weighted by atomic mass is 10.2. The number of carbonyl (C=O) groups is 2. The smallest absolute Gasteiger partial charge is 0.338 e. The molecule has 23 heavy (non-hydrogen) atoms. The minimum absolute atomic E-state index is 0.0425. The predicted molar refractivity (Wildman–Crippen MR) is 90.0 cm³/mol. The molecule has 0 aromatic heterocycles. The zero-order valence-corrected chi connectivity index (χ0v) is 15.4. The van der Waals surface area contributed by atoms with Crippen molar-refractivity contribution in [2.24, 2.45) is 0 Å². The molecule has 6 nitrogen and oxygen atoms in total. The van der Waals surface area contributed by atoms with Gasteiger partial charge in [-0.2, -0.15) is 0 Å². The van der Waals surface area contributed by atoms with Gasteiger partial charge in [0, 0.05) is 6.04 Å². The summed E-state index contributed by atoms with van der Waals surface area (Å²) in [6, 6.07) is 3.14. The minimum Gasteiger partial charge on any atom is -0.492 e. The quantitative estimate of drug-likeness (QED) is 0.694. The highest BCUT2D eigenvalue weighted by molar-refractivity contribution is 9.10. The molecule has 0 fully saturated rings. The molecule has 1 N–H and O–H groups in total. The summed E-state index contributed by atoms with van der Waals surface area (Å²) in [4.78, 5) is 23.7. The number of amides is 1. The second-order valence-electron chi connectivity index (χ2n) is 4.88. The van der Waals surface area contributed by atoms with E-state index in [-0.39, 0.29) is 24.1 Å². The van der Waals surface area contributed by atoms with Gasteiger partial charge in [-0.25, -0.2) is 4.79 Å². The van der Waals surface area contributed by atoms with Crippen LogP contribution in [0, 0.1) is 0 Å². The van der Waals surface area contributed by atoms with Crippen molar-refractivity contribution in [2.45, 2.75) is 33.2 Å². The maximum Gasteiger partial charge on any atom is 0.338 e. The largest absolute Gasteiger partial charge is 0.492 e. The number of hydrogen-bond acceptors (Lipinski definition) is 5. The van der Waals surface area contributed by atoms with Crippen LogP contribution in [0.5, 0.6) is 11.5 Å². The maximum atomic E-state index is 12.1. The second-order valence-corrected chi connectivity index (χ2v) is 5.73. The van der Waals surface area contributed by atoms with Crippen LogP contribution in [0.25, 0.3) is 0 Å². The molecular formula is C16H22BrNO5. The summed E-state index contributed by atoms with van der Waals surface area (Å²) in [6.45, 7) is 5.78. The van der Waals surface area contributed by atoms with Crippen LogP contribution in [-0.4, -0.2) is 38.2 Å². The lowest BCUT2D eigenvalue weighted by molar-refractivity contribution is -0.124. The molecule has 128 valence electrons. The van der Waals surface area contributed by atoms with Crippen LogP contribution in [0.1, 0.15) is 37.6 Å². The first kappa shape index (κ1) is 19.3. The highest BCUT2D eigenvalue weighted by atomic mass is 79.9. The van der Waals surface area contributed by atoms with Gasteiger partial charge in [0.05, 0.1) is 23.8 Å². The molecule has 0 spiro atoms. The Kier molecular flexibility index (Phi) is 7.88. The maximum absolute atomic E-state index is 12.1. The first-order valence-corrected chi connectivity index (χ1v) is 8.18. The van der Waals surface area contributed by atoms with Crippen LogP contribution in [0.2, 0.25) is 0 Å². The van der Waals surface area contributed by atoms with Crippen molar-refractivity contribution in [1.29, 1.82) is 0 Å². The number of nitrogens with one attached hydrogen (secondary N) is 1. The van der Waals surface area contributed by atoms with Crippen molar-refractivity contribution >= 4 is 27.8 Å². The molecule has 1 amide bonds. The van der Waals surface area contributed by atoms with E-state index < -0.39 is 5.97 Å². The monoisotopic (exact) mass is 387 g/mol. The molecule has 0 aliphatic carbocycles. The Morgan fingerprint density at radius 1 is 1.30 bits per heavy atom. The van der Waals surface area contributed by atoms with E-state index in [0.29, 0.717) is 22.6 Å². The summed E-state index contributed by atoms with van der Waals surface area (Å²) in [5.74, 6) is -0.00258. The summed E-state index contributed by atoms with van der Waals surface area (Å²) in [7, 11) is 1.51. The molecule has 7 heteroatoms. The topological polar surface area (TPSA) is 73.9 Å². The summed E-state index contributed by atoms with van der Waals surface area (Å²) in [6.07, 6.45) is 0.808. The number of rotatable bonds is 8. The lowest BCUT2D eigenvalue weighted by Crippen LogP contribution is -2.35. The standard InChI is InChI=1S/C16H22BrNO5/c1-5-10(3)18-14(19)9-23-16(20)11-7-12(17)15(21-4)13(8-11)22-6-2/h7-8,10H,5-6,9H2,1-4H3,(H,18,19)/t10-/m1/s1.